The molecule has 0 spiro atoms. The smallest absolute Gasteiger partial charge is 0.255 e. The van der Waals surface area contributed by atoms with Crippen molar-refractivity contribution in [2.45, 2.75) is 32.9 Å². The second-order valence-corrected chi connectivity index (χ2v) is 7.51. The molecule has 0 fully saturated rings. The van der Waals surface area contributed by atoms with Crippen molar-refractivity contribution in [3.05, 3.63) is 70.0 Å². The number of nitrogens with one attached hydrogen (secondary N) is 1. The minimum absolute atomic E-state index is 0.0827. The minimum Gasteiger partial charge on any atom is -0.350 e. The summed E-state index contributed by atoms with van der Waals surface area (Å²) in [6.07, 6.45) is 1.01. The van der Waals surface area contributed by atoms with Crippen LogP contribution in [0.2, 0.25) is 5.02 Å². The van der Waals surface area contributed by atoms with Crippen molar-refractivity contribution in [3.8, 4) is 0 Å². The second kappa shape index (κ2) is 8.19. The fraction of sp³-hybridized carbons (Fsp3) is 0.381. The average molecular weight is 375 g/mol. The molecule has 0 unspecified atom stereocenters. The lowest BCUT2D eigenvalue weighted by Crippen LogP contribution is -2.48. The zero-order chi connectivity index (χ0) is 18.7. The number of fused-ring (bicyclic) bond motifs is 1. The van der Waals surface area contributed by atoms with Crippen LogP contribution in [-0.4, -0.2) is 29.9 Å². The molecule has 1 amide bonds. The molecule has 5 heteroatoms. The number of rotatable bonds is 5. The highest BCUT2D eigenvalue weighted by Crippen LogP contribution is 2.23. The number of nitrogens with zero attached hydrogens (tertiary/aromatic N) is 1. The molecule has 1 aliphatic rings. The van der Waals surface area contributed by atoms with Gasteiger partial charge in [0.1, 0.15) is 5.82 Å². The normalized spacial score (nSPS) is 15.6. The highest BCUT2D eigenvalue weighted by molar-refractivity contribution is 6.33. The molecule has 0 saturated heterocycles. The maximum absolute atomic E-state index is 13.9. The van der Waals surface area contributed by atoms with Crippen LogP contribution in [0.15, 0.2) is 42.5 Å². The van der Waals surface area contributed by atoms with Crippen LogP contribution in [0.4, 0.5) is 4.39 Å². The summed E-state index contributed by atoms with van der Waals surface area (Å²) in [5.74, 6) is -0.698. The van der Waals surface area contributed by atoms with Crippen molar-refractivity contribution < 1.29 is 9.18 Å². The zero-order valence-electron chi connectivity index (χ0n) is 15.1. The van der Waals surface area contributed by atoms with E-state index in [9.17, 15) is 9.18 Å². The van der Waals surface area contributed by atoms with Gasteiger partial charge in [-0.25, -0.2) is 4.39 Å². The van der Waals surface area contributed by atoms with E-state index >= 15 is 0 Å². The molecule has 1 heterocycles. The molecule has 0 radical (unpaired) electrons. The first-order chi connectivity index (χ1) is 12.5. The summed E-state index contributed by atoms with van der Waals surface area (Å²) in [5, 5.41) is 3.01. The predicted molar refractivity (Wildman–Crippen MR) is 103 cm³/mol. The third-order valence-electron chi connectivity index (χ3n) is 5.06. The first-order valence-electron chi connectivity index (χ1n) is 9.00. The van der Waals surface area contributed by atoms with E-state index < -0.39 is 11.7 Å². The number of benzene rings is 2. The van der Waals surface area contributed by atoms with Gasteiger partial charge >= 0.3 is 0 Å². The lowest BCUT2D eigenvalue weighted by atomic mass is 9.95. The fourth-order valence-corrected chi connectivity index (χ4v) is 3.84. The first-order valence-corrected chi connectivity index (χ1v) is 9.38. The van der Waals surface area contributed by atoms with E-state index in [4.69, 9.17) is 11.6 Å². The maximum Gasteiger partial charge on any atom is 0.255 e. The quantitative estimate of drug-likeness (QED) is 0.846. The van der Waals surface area contributed by atoms with Crippen molar-refractivity contribution >= 4 is 17.5 Å². The minimum atomic E-state index is -0.594. The third kappa shape index (κ3) is 4.08. The van der Waals surface area contributed by atoms with Gasteiger partial charge in [0.15, 0.2) is 0 Å². The molecule has 1 N–H and O–H groups in total. The van der Waals surface area contributed by atoms with Crippen LogP contribution in [0.25, 0.3) is 0 Å². The van der Waals surface area contributed by atoms with Gasteiger partial charge in [-0.15, -0.1) is 0 Å². The van der Waals surface area contributed by atoms with Crippen LogP contribution in [0.1, 0.15) is 35.3 Å². The lowest BCUT2D eigenvalue weighted by Gasteiger charge is -2.38. The van der Waals surface area contributed by atoms with Crippen LogP contribution in [-0.2, 0) is 13.0 Å². The van der Waals surface area contributed by atoms with Crippen molar-refractivity contribution in [2.24, 2.45) is 5.92 Å². The molecule has 1 atom stereocenters. The van der Waals surface area contributed by atoms with Gasteiger partial charge in [0.05, 0.1) is 10.6 Å². The fourth-order valence-electron chi connectivity index (χ4n) is 3.59. The Kier molecular flexibility index (Phi) is 5.94. The van der Waals surface area contributed by atoms with Crippen LogP contribution in [0, 0.1) is 11.7 Å². The predicted octanol–water partition coefficient (Wildman–Crippen LogP) is 4.29. The van der Waals surface area contributed by atoms with Gasteiger partial charge in [-0.3, -0.25) is 9.69 Å². The van der Waals surface area contributed by atoms with Gasteiger partial charge in [-0.05, 0) is 35.6 Å². The molecule has 138 valence electrons. The van der Waals surface area contributed by atoms with Gasteiger partial charge in [0, 0.05) is 25.7 Å². The Labute approximate surface area is 159 Å². The number of carbonyl (C=O) groups is 1. The van der Waals surface area contributed by atoms with E-state index in [1.54, 1.807) is 0 Å². The van der Waals surface area contributed by atoms with Gasteiger partial charge < -0.3 is 5.32 Å². The molecule has 1 aliphatic heterocycles. The standard InChI is InChI=1S/C21H24ClFN2O/c1-14(2)19(25-11-10-15-6-3-4-7-16(15)13-25)12-24-21(26)20-17(22)8-5-9-18(20)23/h3-9,14,19H,10-13H2,1-2H3,(H,24,26)/t19-/m1/s1. The number of hydrogen-bond donors (Lipinski definition) is 1. The Hall–Kier alpha value is -1.91. The molecule has 2 aromatic carbocycles. The lowest BCUT2D eigenvalue weighted by molar-refractivity contribution is 0.0900. The molecule has 26 heavy (non-hydrogen) atoms. The largest absolute Gasteiger partial charge is 0.350 e. The molecule has 2 aromatic rings. The summed E-state index contributed by atoms with van der Waals surface area (Å²) in [4.78, 5) is 14.8. The first kappa shape index (κ1) is 18.9. The SMILES string of the molecule is CC(C)[C@@H](CNC(=O)c1c(F)cccc1Cl)N1CCc2ccccc2C1. The van der Waals surface area contributed by atoms with Gasteiger partial charge in [-0.2, -0.15) is 0 Å². The number of hydrogen-bond acceptors (Lipinski definition) is 2. The van der Waals surface area contributed by atoms with Gasteiger partial charge in [0.25, 0.3) is 5.91 Å². The summed E-state index contributed by atoms with van der Waals surface area (Å²) < 4.78 is 13.9. The van der Waals surface area contributed by atoms with Crippen LogP contribution < -0.4 is 5.32 Å². The highest BCUT2D eigenvalue weighted by Gasteiger charge is 2.26. The third-order valence-corrected chi connectivity index (χ3v) is 5.38. The molecular formula is C21H24ClFN2O. The molecule has 3 rings (SSSR count). The number of amides is 1. The van der Waals surface area contributed by atoms with Crippen LogP contribution >= 0.6 is 11.6 Å². The molecule has 0 bridgehead atoms. The molecule has 0 aromatic heterocycles. The topological polar surface area (TPSA) is 32.3 Å². The summed E-state index contributed by atoms with van der Waals surface area (Å²) in [7, 11) is 0. The zero-order valence-corrected chi connectivity index (χ0v) is 15.9. The Morgan fingerprint density at radius 1 is 1.19 bits per heavy atom. The Balaban J connectivity index is 1.69. The number of carbonyl (C=O) groups excluding carboxylic acids is 1. The molecule has 0 saturated carbocycles. The van der Waals surface area contributed by atoms with Gasteiger partial charge in [0.2, 0.25) is 0 Å². The van der Waals surface area contributed by atoms with E-state index in [-0.39, 0.29) is 16.6 Å². The van der Waals surface area contributed by atoms with Crippen molar-refractivity contribution in [1.29, 1.82) is 0 Å². The monoisotopic (exact) mass is 374 g/mol. The summed E-state index contributed by atoms with van der Waals surface area (Å²) in [6, 6.07) is 12.9. The van der Waals surface area contributed by atoms with Crippen molar-refractivity contribution in [2.75, 3.05) is 13.1 Å². The van der Waals surface area contributed by atoms with E-state index in [0.29, 0.717) is 12.5 Å². The van der Waals surface area contributed by atoms with E-state index in [1.165, 1.54) is 29.3 Å². The highest BCUT2D eigenvalue weighted by atomic mass is 35.5. The molecule has 3 nitrogen and oxygen atoms in total. The van der Waals surface area contributed by atoms with Crippen molar-refractivity contribution in [1.82, 2.24) is 10.2 Å². The second-order valence-electron chi connectivity index (χ2n) is 7.11. The Morgan fingerprint density at radius 2 is 1.92 bits per heavy atom. The van der Waals surface area contributed by atoms with E-state index in [1.807, 2.05) is 0 Å². The maximum atomic E-state index is 13.9. The molecular weight excluding hydrogens is 351 g/mol. The van der Waals surface area contributed by atoms with E-state index in [0.717, 1.165) is 19.5 Å². The Bertz CT molecular complexity index is 773. The molecule has 0 aliphatic carbocycles. The van der Waals surface area contributed by atoms with Crippen LogP contribution in [0.5, 0.6) is 0 Å². The summed E-state index contributed by atoms with van der Waals surface area (Å²) in [6.45, 7) is 6.58. The van der Waals surface area contributed by atoms with Crippen LogP contribution in [0.3, 0.4) is 0 Å². The van der Waals surface area contributed by atoms with Crippen molar-refractivity contribution in [3.63, 3.8) is 0 Å². The van der Waals surface area contributed by atoms with Gasteiger partial charge in [-0.1, -0.05) is 55.8 Å². The summed E-state index contributed by atoms with van der Waals surface area (Å²) >= 11 is 6.00. The Morgan fingerprint density at radius 3 is 2.62 bits per heavy atom. The average Bonchev–Trinajstić information content (AvgIpc) is 2.61. The summed E-state index contributed by atoms with van der Waals surface area (Å²) in [5.41, 5.74) is 2.65. The number of halogens is 2. The van der Waals surface area contributed by atoms with E-state index in [2.05, 4.69) is 48.3 Å².